The Morgan fingerprint density at radius 1 is 1.22 bits per heavy atom. The molecule has 0 aliphatic rings. The first-order chi connectivity index (χ1) is 8.04. The molecule has 0 heterocycles. The van der Waals surface area contributed by atoms with Gasteiger partial charge >= 0.3 is 5.25 Å². The normalized spacial score (nSPS) is 12.6. The van der Waals surface area contributed by atoms with Gasteiger partial charge in [-0.1, -0.05) is 0 Å². The molecule has 1 aromatic rings. The number of hydrogen-bond acceptors (Lipinski definition) is 4. The quantitative estimate of drug-likeness (QED) is 0.387. The van der Waals surface area contributed by atoms with Crippen molar-refractivity contribution in [1.82, 2.24) is 0 Å². The summed E-state index contributed by atoms with van der Waals surface area (Å²) in [7, 11) is -5.72. The maximum Gasteiger partial charge on any atom is 0.367 e. The first-order valence-corrected chi connectivity index (χ1v) is 8.79. The number of ether oxygens (including phenoxy) is 1. The zero-order chi connectivity index (χ0) is 14.1. The molecular formula is C8H4F2I3O4S-. The van der Waals surface area contributed by atoms with Crippen LogP contribution in [0, 0.1) is 10.7 Å². The molecule has 0 aromatic heterocycles. The molecular weight excluding hydrogens is 611 g/mol. The standard InChI is InChI=1S/C8H5F2I3O4S/c9-8(10,18(14,15)16)3-17-7-5(12)1-4(11)2-6(7)13/h1-2H,3H2,(H,14,15,16)/p-1. The Labute approximate surface area is 143 Å². The fourth-order valence-electron chi connectivity index (χ4n) is 0.895. The van der Waals surface area contributed by atoms with E-state index in [1.54, 1.807) is 12.1 Å². The highest BCUT2D eigenvalue weighted by Crippen LogP contribution is 2.31. The molecule has 0 aliphatic carbocycles. The average Bonchev–Trinajstić information content (AvgIpc) is 2.13. The molecule has 0 amide bonds. The lowest BCUT2D eigenvalue weighted by Gasteiger charge is -2.21. The Bertz CT molecular complexity index is 538. The molecule has 18 heavy (non-hydrogen) atoms. The zero-order valence-corrected chi connectivity index (χ0v) is 15.6. The monoisotopic (exact) mass is 615 g/mol. The second-order valence-electron chi connectivity index (χ2n) is 3.08. The van der Waals surface area contributed by atoms with Gasteiger partial charge in [-0.25, -0.2) is 8.42 Å². The first kappa shape index (κ1) is 17.0. The highest BCUT2D eigenvalue weighted by molar-refractivity contribution is 14.1. The predicted molar refractivity (Wildman–Crippen MR) is 84.7 cm³/mol. The van der Waals surface area contributed by atoms with E-state index in [0.29, 0.717) is 7.14 Å². The fraction of sp³-hybridized carbons (Fsp3) is 0.250. The molecule has 0 saturated carbocycles. The molecule has 4 nitrogen and oxygen atoms in total. The van der Waals surface area contributed by atoms with E-state index in [4.69, 9.17) is 4.74 Å². The van der Waals surface area contributed by atoms with Crippen LogP contribution < -0.4 is 4.74 Å². The van der Waals surface area contributed by atoms with E-state index in [-0.39, 0.29) is 5.75 Å². The van der Waals surface area contributed by atoms with Gasteiger partial charge in [-0.3, -0.25) is 0 Å². The van der Waals surface area contributed by atoms with Crippen molar-refractivity contribution in [1.29, 1.82) is 0 Å². The summed E-state index contributed by atoms with van der Waals surface area (Å²) in [6, 6.07) is 3.37. The summed E-state index contributed by atoms with van der Waals surface area (Å²) in [6.07, 6.45) is 0. The summed E-state index contributed by atoms with van der Waals surface area (Å²) in [4.78, 5) is 0. The topological polar surface area (TPSA) is 66.4 Å². The lowest BCUT2D eigenvalue weighted by atomic mass is 10.3. The highest BCUT2D eigenvalue weighted by atomic mass is 127. The number of halogens is 5. The van der Waals surface area contributed by atoms with Crippen molar-refractivity contribution in [2.24, 2.45) is 0 Å². The summed E-state index contributed by atoms with van der Waals surface area (Å²) in [5, 5.41) is -4.44. The molecule has 0 aliphatic heterocycles. The van der Waals surface area contributed by atoms with Crippen LogP contribution >= 0.6 is 67.8 Å². The van der Waals surface area contributed by atoms with Crippen LogP contribution in [0.1, 0.15) is 0 Å². The Morgan fingerprint density at radius 2 is 1.67 bits per heavy atom. The third-order valence-electron chi connectivity index (χ3n) is 1.71. The van der Waals surface area contributed by atoms with Crippen LogP contribution in [0.2, 0.25) is 0 Å². The summed E-state index contributed by atoms with van der Waals surface area (Å²) in [5.74, 6) is 0.139. The van der Waals surface area contributed by atoms with Crippen LogP contribution in [-0.2, 0) is 10.1 Å². The van der Waals surface area contributed by atoms with Gasteiger partial charge < -0.3 is 9.29 Å². The lowest BCUT2D eigenvalue weighted by molar-refractivity contribution is 0.0273. The van der Waals surface area contributed by atoms with Crippen LogP contribution in [0.25, 0.3) is 0 Å². The van der Waals surface area contributed by atoms with Crippen molar-refractivity contribution in [2.75, 3.05) is 6.61 Å². The molecule has 0 saturated heterocycles. The van der Waals surface area contributed by atoms with E-state index < -0.39 is 22.0 Å². The molecule has 0 spiro atoms. The first-order valence-electron chi connectivity index (χ1n) is 4.15. The Kier molecular flexibility index (Phi) is 5.84. The maximum atomic E-state index is 12.9. The third-order valence-corrected chi connectivity index (χ3v) is 4.79. The molecule has 0 radical (unpaired) electrons. The molecule has 0 bridgehead atoms. The Hall–Kier alpha value is 0.980. The van der Waals surface area contributed by atoms with Gasteiger partial charge in [-0.15, -0.1) is 0 Å². The molecule has 0 N–H and O–H groups in total. The van der Waals surface area contributed by atoms with Crippen molar-refractivity contribution >= 4 is 77.9 Å². The minimum Gasteiger partial charge on any atom is -0.743 e. The number of hydrogen-bond donors (Lipinski definition) is 0. The van der Waals surface area contributed by atoms with E-state index in [1.807, 2.05) is 67.8 Å². The van der Waals surface area contributed by atoms with Gasteiger partial charge in [0.1, 0.15) is 5.75 Å². The van der Waals surface area contributed by atoms with Crippen LogP contribution in [0.3, 0.4) is 0 Å². The fourth-order valence-corrected chi connectivity index (χ4v) is 4.99. The van der Waals surface area contributed by atoms with Gasteiger partial charge in [-0.2, -0.15) is 8.78 Å². The second-order valence-corrected chi connectivity index (χ2v) is 8.15. The molecule has 0 unspecified atom stereocenters. The third kappa shape index (κ3) is 4.24. The molecule has 1 aromatic carbocycles. The van der Waals surface area contributed by atoms with Gasteiger partial charge in [0.2, 0.25) is 0 Å². The van der Waals surface area contributed by atoms with E-state index in [0.717, 1.165) is 3.57 Å². The van der Waals surface area contributed by atoms with Gasteiger partial charge in [0.05, 0.1) is 7.14 Å². The lowest BCUT2D eigenvalue weighted by Crippen LogP contribution is -2.35. The number of benzene rings is 1. The van der Waals surface area contributed by atoms with Gasteiger partial charge in [0.15, 0.2) is 16.7 Å². The predicted octanol–water partition coefficient (Wildman–Crippen LogP) is 3.02. The van der Waals surface area contributed by atoms with Gasteiger partial charge in [0, 0.05) is 3.57 Å². The second kappa shape index (κ2) is 6.17. The molecule has 0 fully saturated rings. The van der Waals surface area contributed by atoms with Crippen molar-refractivity contribution in [3.05, 3.63) is 22.8 Å². The van der Waals surface area contributed by atoms with Crippen LogP contribution in [-0.4, -0.2) is 24.8 Å². The maximum absolute atomic E-state index is 12.9. The summed E-state index contributed by atoms with van der Waals surface area (Å²) in [5.41, 5.74) is 0. The minimum atomic E-state index is -5.72. The van der Waals surface area contributed by atoms with Crippen molar-refractivity contribution in [2.45, 2.75) is 5.25 Å². The number of alkyl halides is 2. The van der Waals surface area contributed by atoms with Crippen molar-refractivity contribution < 1.29 is 26.5 Å². The molecule has 102 valence electrons. The Morgan fingerprint density at radius 3 is 2.06 bits per heavy atom. The summed E-state index contributed by atoms with van der Waals surface area (Å²) >= 11 is 5.80. The molecule has 0 atom stereocenters. The van der Waals surface area contributed by atoms with Gasteiger partial charge in [-0.05, 0) is 79.9 Å². The zero-order valence-electron chi connectivity index (χ0n) is 8.29. The average molecular weight is 615 g/mol. The van der Waals surface area contributed by atoms with Crippen LogP contribution in [0.5, 0.6) is 5.75 Å². The summed E-state index contributed by atoms with van der Waals surface area (Å²) < 4.78 is 63.5. The smallest absolute Gasteiger partial charge is 0.367 e. The molecule has 1 rings (SSSR count). The molecule has 10 heteroatoms. The largest absolute Gasteiger partial charge is 0.743 e. The highest BCUT2D eigenvalue weighted by Gasteiger charge is 2.39. The van der Waals surface area contributed by atoms with E-state index in [9.17, 15) is 21.8 Å². The van der Waals surface area contributed by atoms with Crippen LogP contribution in [0.15, 0.2) is 12.1 Å². The number of rotatable bonds is 4. The minimum absolute atomic E-state index is 0.139. The Balaban J connectivity index is 2.95. The van der Waals surface area contributed by atoms with Gasteiger partial charge in [0.25, 0.3) is 0 Å². The van der Waals surface area contributed by atoms with Crippen molar-refractivity contribution in [3.8, 4) is 5.75 Å². The SMILES string of the molecule is O=S(=O)([O-])C(F)(F)COc1c(I)cc(I)cc1I. The summed E-state index contributed by atoms with van der Waals surface area (Å²) in [6.45, 7) is -1.49. The van der Waals surface area contributed by atoms with Crippen molar-refractivity contribution in [3.63, 3.8) is 0 Å². The van der Waals surface area contributed by atoms with E-state index in [1.165, 1.54) is 0 Å². The van der Waals surface area contributed by atoms with Crippen LogP contribution in [0.4, 0.5) is 8.78 Å². The van der Waals surface area contributed by atoms with E-state index in [2.05, 4.69) is 0 Å². The van der Waals surface area contributed by atoms with E-state index >= 15 is 0 Å².